The van der Waals surface area contributed by atoms with Crippen molar-refractivity contribution in [1.29, 1.82) is 0 Å². The van der Waals surface area contributed by atoms with E-state index in [1.54, 1.807) is 24.1 Å². The number of rotatable bonds is 8. The van der Waals surface area contributed by atoms with Crippen LogP contribution in [0.25, 0.3) is 0 Å². The minimum absolute atomic E-state index is 0.132. The highest BCUT2D eigenvalue weighted by atomic mass is 16.5. The Balaban J connectivity index is 1.74. The Labute approximate surface area is 188 Å². The average Bonchev–Trinajstić information content (AvgIpc) is 3.54. The lowest BCUT2D eigenvalue weighted by molar-refractivity contribution is -0.126. The fourth-order valence-electron chi connectivity index (χ4n) is 4.24. The minimum atomic E-state index is -0.830. The molecule has 0 unspecified atom stereocenters. The van der Waals surface area contributed by atoms with Crippen LogP contribution in [0.2, 0.25) is 0 Å². The van der Waals surface area contributed by atoms with Crippen LogP contribution in [0.1, 0.15) is 53.4 Å². The molecule has 1 aliphatic carbocycles. The van der Waals surface area contributed by atoms with Gasteiger partial charge in [0.15, 0.2) is 5.76 Å². The van der Waals surface area contributed by atoms with Crippen LogP contribution >= 0.6 is 0 Å². The van der Waals surface area contributed by atoms with Crippen molar-refractivity contribution >= 4 is 11.8 Å². The standard InChI is InChI=1S/C26H28N2O4/c1-31-22-14-7-11-20(17-22)24(25(29)27-21-12-5-6-13-21)28(18-19-9-3-2-4-10-19)26(30)23-15-8-16-32-23/h2-4,7-11,14-17,21,24H,5-6,12-13,18H2,1H3,(H,27,29)/t24-/m1/s1. The van der Waals surface area contributed by atoms with E-state index in [-0.39, 0.29) is 30.2 Å². The molecular weight excluding hydrogens is 404 g/mol. The molecule has 1 fully saturated rings. The third-order valence-corrected chi connectivity index (χ3v) is 5.86. The van der Waals surface area contributed by atoms with E-state index in [1.165, 1.54) is 6.26 Å². The third-order valence-electron chi connectivity index (χ3n) is 5.86. The first kappa shape index (κ1) is 21.7. The summed E-state index contributed by atoms with van der Waals surface area (Å²) in [5, 5.41) is 3.18. The van der Waals surface area contributed by atoms with Gasteiger partial charge in [0.1, 0.15) is 11.8 Å². The second-order valence-electron chi connectivity index (χ2n) is 8.07. The van der Waals surface area contributed by atoms with Crippen LogP contribution in [-0.2, 0) is 11.3 Å². The van der Waals surface area contributed by atoms with Crippen LogP contribution in [-0.4, -0.2) is 29.9 Å². The number of amides is 2. The smallest absolute Gasteiger partial charge is 0.290 e. The maximum atomic E-state index is 13.6. The molecule has 6 nitrogen and oxygen atoms in total. The summed E-state index contributed by atoms with van der Waals surface area (Å²) in [4.78, 5) is 28.7. The number of carbonyl (C=O) groups is 2. The van der Waals surface area contributed by atoms with Crippen molar-refractivity contribution in [3.8, 4) is 5.75 Å². The number of furan rings is 1. The summed E-state index contributed by atoms with van der Waals surface area (Å²) >= 11 is 0. The predicted octanol–water partition coefficient (Wildman–Crippen LogP) is 4.73. The number of ether oxygens (including phenoxy) is 1. The normalized spacial score (nSPS) is 14.7. The second kappa shape index (κ2) is 10.2. The van der Waals surface area contributed by atoms with Crippen LogP contribution in [0.4, 0.5) is 0 Å². The molecule has 2 aromatic carbocycles. The molecule has 2 amide bonds. The molecule has 0 aliphatic heterocycles. The van der Waals surface area contributed by atoms with E-state index in [9.17, 15) is 9.59 Å². The van der Waals surface area contributed by atoms with Gasteiger partial charge >= 0.3 is 0 Å². The van der Waals surface area contributed by atoms with Gasteiger partial charge in [-0.05, 0) is 48.2 Å². The predicted molar refractivity (Wildman–Crippen MR) is 121 cm³/mol. The van der Waals surface area contributed by atoms with E-state index in [0.717, 1.165) is 31.2 Å². The van der Waals surface area contributed by atoms with Crippen LogP contribution in [0, 0.1) is 0 Å². The van der Waals surface area contributed by atoms with Gasteiger partial charge in [-0.1, -0.05) is 55.3 Å². The van der Waals surface area contributed by atoms with Crippen molar-refractivity contribution in [3.63, 3.8) is 0 Å². The monoisotopic (exact) mass is 432 g/mol. The van der Waals surface area contributed by atoms with Gasteiger partial charge in [-0.2, -0.15) is 0 Å². The molecule has 0 radical (unpaired) electrons. The topological polar surface area (TPSA) is 71.8 Å². The number of carbonyl (C=O) groups excluding carboxylic acids is 2. The van der Waals surface area contributed by atoms with E-state index >= 15 is 0 Å². The van der Waals surface area contributed by atoms with E-state index in [2.05, 4.69) is 5.32 Å². The van der Waals surface area contributed by atoms with Gasteiger partial charge in [0.2, 0.25) is 5.91 Å². The second-order valence-corrected chi connectivity index (χ2v) is 8.07. The van der Waals surface area contributed by atoms with E-state index in [4.69, 9.17) is 9.15 Å². The molecule has 1 atom stereocenters. The summed E-state index contributed by atoms with van der Waals surface area (Å²) < 4.78 is 10.8. The van der Waals surface area contributed by atoms with Crippen LogP contribution in [0.3, 0.4) is 0 Å². The van der Waals surface area contributed by atoms with Crippen LogP contribution in [0.5, 0.6) is 5.75 Å². The van der Waals surface area contributed by atoms with Gasteiger partial charge in [0.25, 0.3) is 5.91 Å². The Morgan fingerprint density at radius 3 is 2.53 bits per heavy atom. The highest BCUT2D eigenvalue weighted by Crippen LogP contribution is 2.29. The Kier molecular flexibility index (Phi) is 6.90. The number of methoxy groups -OCH3 is 1. The maximum Gasteiger partial charge on any atom is 0.290 e. The van der Waals surface area contributed by atoms with Crippen molar-refractivity contribution < 1.29 is 18.7 Å². The molecular formula is C26H28N2O4. The molecule has 0 spiro atoms. The third kappa shape index (κ3) is 5.02. The van der Waals surface area contributed by atoms with Gasteiger partial charge in [-0.25, -0.2) is 0 Å². The van der Waals surface area contributed by atoms with Crippen LogP contribution < -0.4 is 10.1 Å². The summed E-state index contributed by atoms with van der Waals surface area (Å²) in [6.07, 6.45) is 5.59. The fraction of sp³-hybridized carbons (Fsp3) is 0.308. The highest BCUT2D eigenvalue weighted by Gasteiger charge is 2.34. The lowest BCUT2D eigenvalue weighted by Crippen LogP contribution is -2.45. The van der Waals surface area contributed by atoms with Crippen molar-refractivity contribution in [2.45, 2.75) is 44.3 Å². The van der Waals surface area contributed by atoms with Gasteiger partial charge in [-0.15, -0.1) is 0 Å². The SMILES string of the molecule is COc1cccc([C@H](C(=O)NC2CCCC2)N(Cc2ccccc2)C(=O)c2ccco2)c1. The zero-order valence-corrected chi connectivity index (χ0v) is 18.2. The summed E-state index contributed by atoms with van der Waals surface area (Å²) in [6, 6.07) is 19.6. The Hall–Kier alpha value is -3.54. The number of nitrogens with one attached hydrogen (secondary N) is 1. The summed E-state index contributed by atoms with van der Waals surface area (Å²) in [7, 11) is 1.59. The zero-order valence-electron chi connectivity index (χ0n) is 18.2. The first-order chi connectivity index (χ1) is 15.7. The molecule has 6 heteroatoms. The highest BCUT2D eigenvalue weighted by molar-refractivity contribution is 5.96. The molecule has 3 aromatic rings. The number of hydrogen-bond acceptors (Lipinski definition) is 4. The van der Waals surface area contributed by atoms with E-state index < -0.39 is 6.04 Å². The largest absolute Gasteiger partial charge is 0.497 e. The minimum Gasteiger partial charge on any atom is -0.497 e. The van der Waals surface area contributed by atoms with Crippen molar-refractivity contribution in [2.75, 3.05) is 7.11 Å². The lowest BCUT2D eigenvalue weighted by atomic mass is 10.0. The van der Waals surface area contributed by atoms with Gasteiger partial charge < -0.3 is 19.4 Å². The summed E-state index contributed by atoms with van der Waals surface area (Å²) in [5.74, 6) is 0.294. The Morgan fingerprint density at radius 1 is 1.06 bits per heavy atom. The Morgan fingerprint density at radius 2 is 1.84 bits per heavy atom. The lowest BCUT2D eigenvalue weighted by Gasteiger charge is -2.32. The first-order valence-corrected chi connectivity index (χ1v) is 11.0. The molecule has 166 valence electrons. The zero-order chi connectivity index (χ0) is 22.3. The molecule has 1 aliphatic rings. The molecule has 1 heterocycles. The van der Waals surface area contributed by atoms with E-state index in [1.807, 2.05) is 54.6 Å². The number of nitrogens with zero attached hydrogens (tertiary/aromatic N) is 1. The maximum absolute atomic E-state index is 13.6. The summed E-state index contributed by atoms with van der Waals surface area (Å²) in [5.41, 5.74) is 1.62. The van der Waals surface area contributed by atoms with Crippen molar-refractivity contribution in [1.82, 2.24) is 10.2 Å². The molecule has 4 rings (SSSR count). The van der Waals surface area contributed by atoms with Gasteiger partial charge in [0.05, 0.1) is 13.4 Å². The number of benzene rings is 2. The molecule has 1 saturated carbocycles. The average molecular weight is 433 g/mol. The Bertz CT molecular complexity index is 1030. The quantitative estimate of drug-likeness (QED) is 0.559. The first-order valence-electron chi connectivity index (χ1n) is 11.0. The fourth-order valence-corrected chi connectivity index (χ4v) is 4.24. The molecule has 0 bridgehead atoms. The van der Waals surface area contributed by atoms with E-state index in [0.29, 0.717) is 11.3 Å². The van der Waals surface area contributed by atoms with Crippen molar-refractivity contribution in [3.05, 3.63) is 89.9 Å². The molecule has 1 aromatic heterocycles. The van der Waals surface area contributed by atoms with Crippen molar-refractivity contribution in [2.24, 2.45) is 0 Å². The number of hydrogen-bond donors (Lipinski definition) is 1. The molecule has 0 saturated heterocycles. The van der Waals surface area contributed by atoms with Gasteiger partial charge in [-0.3, -0.25) is 9.59 Å². The van der Waals surface area contributed by atoms with Crippen LogP contribution in [0.15, 0.2) is 77.4 Å². The molecule has 32 heavy (non-hydrogen) atoms. The molecule has 1 N–H and O–H groups in total. The summed E-state index contributed by atoms with van der Waals surface area (Å²) in [6.45, 7) is 0.264. The van der Waals surface area contributed by atoms with Gasteiger partial charge in [0, 0.05) is 12.6 Å².